The Morgan fingerprint density at radius 1 is 1.04 bits per heavy atom. The monoisotopic (exact) mass is 381 g/mol. The Balaban J connectivity index is 2.15. The molecule has 0 amide bonds. The summed E-state index contributed by atoms with van der Waals surface area (Å²) in [5.41, 5.74) is 1.40. The van der Waals surface area contributed by atoms with Crippen LogP contribution < -0.4 is 0 Å². The lowest BCUT2D eigenvalue weighted by Crippen LogP contribution is -2.40. The van der Waals surface area contributed by atoms with E-state index in [-0.39, 0.29) is 23.5 Å². The van der Waals surface area contributed by atoms with Crippen LogP contribution in [0.3, 0.4) is 0 Å². The molecule has 1 unspecified atom stereocenters. The molecule has 1 fully saturated rings. The number of benzene rings is 2. The van der Waals surface area contributed by atoms with Gasteiger partial charge in [-0.05, 0) is 23.5 Å². The summed E-state index contributed by atoms with van der Waals surface area (Å²) in [5.74, 6) is -0.200. The number of hydrogen-bond donors (Lipinski definition) is 0. The molecule has 0 spiro atoms. The van der Waals surface area contributed by atoms with Crippen molar-refractivity contribution in [3.8, 4) is 0 Å². The molecule has 4 heteroatoms. The van der Waals surface area contributed by atoms with E-state index in [2.05, 4.69) is 49.9 Å². The third-order valence-electron chi connectivity index (χ3n) is 5.45. The highest BCUT2D eigenvalue weighted by molar-refractivity contribution is 5.87. The number of carbonyl (C=O) groups excluding carboxylic acids is 1. The van der Waals surface area contributed by atoms with Crippen LogP contribution in [-0.2, 0) is 14.3 Å². The lowest BCUT2D eigenvalue weighted by molar-refractivity contribution is -0.149. The molecule has 0 aromatic heterocycles. The van der Waals surface area contributed by atoms with Crippen LogP contribution in [0.25, 0.3) is 0 Å². The van der Waals surface area contributed by atoms with Gasteiger partial charge in [0.05, 0.1) is 19.3 Å². The number of carbonyl (C=O) groups is 1. The second-order valence-corrected chi connectivity index (χ2v) is 8.48. The van der Waals surface area contributed by atoms with Crippen molar-refractivity contribution >= 4 is 5.97 Å². The van der Waals surface area contributed by atoms with E-state index in [4.69, 9.17) is 9.47 Å². The fourth-order valence-electron chi connectivity index (χ4n) is 4.56. The molecule has 0 saturated carbocycles. The zero-order chi connectivity index (χ0) is 20.4. The molecule has 1 saturated heterocycles. The Morgan fingerprint density at radius 3 is 1.93 bits per heavy atom. The van der Waals surface area contributed by atoms with Crippen molar-refractivity contribution in [1.82, 2.24) is 4.90 Å². The maximum atomic E-state index is 13.2. The summed E-state index contributed by atoms with van der Waals surface area (Å²) in [6, 6.07) is 20.7. The minimum atomic E-state index is -0.792. The first kappa shape index (κ1) is 20.6. The maximum Gasteiger partial charge on any atom is 0.330 e. The molecule has 1 heterocycles. The van der Waals surface area contributed by atoms with Crippen LogP contribution in [-0.4, -0.2) is 42.8 Å². The summed E-state index contributed by atoms with van der Waals surface area (Å²) in [4.78, 5) is 15.5. The third kappa shape index (κ3) is 3.59. The average molecular weight is 382 g/mol. The van der Waals surface area contributed by atoms with Crippen LogP contribution in [0.2, 0.25) is 0 Å². The molecule has 0 N–H and O–H groups in total. The molecule has 2 aromatic rings. The van der Waals surface area contributed by atoms with Gasteiger partial charge in [-0.15, -0.1) is 0 Å². The summed E-state index contributed by atoms with van der Waals surface area (Å²) in [5, 5.41) is 0. The molecule has 0 bridgehead atoms. The molecule has 2 aromatic carbocycles. The summed E-state index contributed by atoms with van der Waals surface area (Å²) < 4.78 is 11.1. The molecular weight excluding hydrogens is 350 g/mol. The second-order valence-electron chi connectivity index (χ2n) is 8.48. The van der Waals surface area contributed by atoms with Gasteiger partial charge in [0.25, 0.3) is 0 Å². The summed E-state index contributed by atoms with van der Waals surface area (Å²) in [7, 11) is 1.65. The van der Waals surface area contributed by atoms with E-state index in [0.29, 0.717) is 13.2 Å². The number of ether oxygens (including phenoxy) is 2. The Kier molecular flexibility index (Phi) is 5.92. The molecular formula is C24H31NO3. The van der Waals surface area contributed by atoms with Crippen LogP contribution in [0.1, 0.15) is 44.9 Å². The first-order valence-electron chi connectivity index (χ1n) is 9.92. The van der Waals surface area contributed by atoms with Crippen molar-refractivity contribution < 1.29 is 14.3 Å². The molecule has 0 aliphatic carbocycles. The first-order valence-corrected chi connectivity index (χ1v) is 9.92. The second kappa shape index (κ2) is 8.06. The van der Waals surface area contributed by atoms with Crippen LogP contribution >= 0.6 is 0 Å². The SMILES string of the molecule is CCOC(=O)[C@@]1(COC)[C@@H](C(C)(C)C)N1C(c1ccccc1)c1ccccc1. The summed E-state index contributed by atoms with van der Waals surface area (Å²) >= 11 is 0. The molecule has 3 atom stereocenters. The quantitative estimate of drug-likeness (QED) is 0.524. The van der Waals surface area contributed by atoms with Crippen LogP contribution in [0, 0.1) is 5.41 Å². The molecule has 4 nitrogen and oxygen atoms in total. The van der Waals surface area contributed by atoms with E-state index in [1.165, 1.54) is 0 Å². The van der Waals surface area contributed by atoms with Gasteiger partial charge in [0.15, 0.2) is 5.54 Å². The molecule has 1 aliphatic rings. The van der Waals surface area contributed by atoms with Crippen molar-refractivity contribution in [2.24, 2.45) is 5.41 Å². The highest BCUT2D eigenvalue weighted by Gasteiger charge is 2.74. The normalized spacial score (nSPS) is 24.2. The van der Waals surface area contributed by atoms with Gasteiger partial charge in [0.1, 0.15) is 0 Å². The third-order valence-corrected chi connectivity index (χ3v) is 5.45. The van der Waals surface area contributed by atoms with Crippen LogP contribution in [0.15, 0.2) is 60.7 Å². The molecule has 3 rings (SSSR count). The first-order chi connectivity index (χ1) is 13.4. The molecule has 150 valence electrons. The van der Waals surface area contributed by atoms with E-state index in [0.717, 1.165) is 11.1 Å². The Hall–Kier alpha value is -2.17. The predicted molar refractivity (Wildman–Crippen MR) is 111 cm³/mol. The van der Waals surface area contributed by atoms with Crippen LogP contribution in [0.5, 0.6) is 0 Å². The summed E-state index contributed by atoms with van der Waals surface area (Å²) in [6.45, 7) is 9.04. The standard InChI is InChI=1S/C24H31NO3/c1-6-28-22(26)24(17-27-5)21(23(2,3)4)25(24)20(18-13-9-7-10-14-18)19-15-11-8-12-16-19/h7-16,20-21H,6,17H2,1-5H3/t21-,24-,25?/m1/s1. The van der Waals surface area contributed by atoms with Gasteiger partial charge in [0.2, 0.25) is 0 Å². The predicted octanol–water partition coefficient (Wildman–Crippen LogP) is 4.45. The minimum absolute atomic E-state index is 0.00409. The number of nitrogens with zero attached hydrogens (tertiary/aromatic N) is 1. The van der Waals surface area contributed by atoms with E-state index in [9.17, 15) is 4.79 Å². The van der Waals surface area contributed by atoms with Gasteiger partial charge >= 0.3 is 5.97 Å². The Bertz CT molecular complexity index is 745. The highest BCUT2D eigenvalue weighted by atomic mass is 16.5. The van der Waals surface area contributed by atoms with Gasteiger partial charge in [-0.2, -0.15) is 0 Å². The average Bonchev–Trinajstić information content (AvgIpc) is 3.34. The molecule has 28 heavy (non-hydrogen) atoms. The van der Waals surface area contributed by atoms with Crippen molar-refractivity contribution in [2.75, 3.05) is 20.3 Å². The lowest BCUT2D eigenvalue weighted by Gasteiger charge is -2.25. The van der Waals surface area contributed by atoms with Crippen molar-refractivity contribution in [3.05, 3.63) is 71.8 Å². The minimum Gasteiger partial charge on any atom is -0.464 e. The largest absolute Gasteiger partial charge is 0.464 e. The fraction of sp³-hybridized carbons (Fsp3) is 0.458. The maximum absolute atomic E-state index is 13.2. The van der Waals surface area contributed by atoms with Crippen molar-refractivity contribution in [3.63, 3.8) is 0 Å². The van der Waals surface area contributed by atoms with Gasteiger partial charge in [-0.1, -0.05) is 81.4 Å². The van der Waals surface area contributed by atoms with Crippen molar-refractivity contribution in [1.29, 1.82) is 0 Å². The highest BCUT2D eigenvalue weighted by Crippen LogP contribution is 2.57. The van der Waals surface area contributed by atoms with Gasteiger partial charge in [-0.3, -0.25) is 4.90 Å². The lowest BCUT2D eigenvalue weighted by atomic mass is 9.85. The zero-order valence-electron chi connectivity index (χ0n) is 17.5. The Labute approximate surface area is 168 Å². The summed E-state index contributed by atoms with van der Waals surface area (Å²) in [6.07, 6.45) is 0. The number of esters is 1. The smallest absolute Gasteiger partial charge is 0.330 e. The fourth-order valence-corrected chi connectivity index (χ4v) is 4.56. The Morgan fingerprint density at radius 2 is 1.54 bits per heavy atom. The zero-order valence-corrected chi connectivity index (χ0v) is 17.5. The van der Waals surface area contributed by atoms with Crippen LogP contribution in [0.4, 0.5) is 0 Å². The van der Waals surface area contributed by atoms with Gasteiger partial charge in [0, 0.05) is 13.2 Å². The van der Waals surface area contributed by atoms with E-state index >= 15 is 0 Å². The molecule has 1 aliphatic heterocycles. The molecule has 0 radical (unpaired) electrons. The number of hydrogen-bond acceptors (Lipinski definition) is 4. The number of rotatable bonds is 7. The van der Waals surface area contributed by atoms with Gasteiger partial charge in [-0.25, -0.2) is 4.79 Å². The van der Waals surface area contributed by atoms with Crippen molar-refractivity contribution in [2.45, 2.75) is 45.3 Å². The van der Waals surface area contributed by atoms with E-state index in [1.54, 1.807) is 7.11 Å². The van der Waals surface area contributed by atoms with E-state index < -0.39 is 5.54 Å². The van der Waals surface area contributed by atoms with E-state index in [1.807, 2.05) is 43.3 Å². The topological polar surface area (TPSA) is 38.5 Å². The number of methoxy groups -OCH3 is 1. The van der Waals surface area contributed by atoms with Gasteiger partial charge < -0.3 is 9.47 Å².